The third kappa shape index (κ3) is 3.60. The highest BCUT2D eigenvalue weighted by Crippen LogP contribution is 2.27. The van der Waals surface area contributed by atoms with Crippen molar-refractivity contribution in [2.45, 2.75) is 13.5 Å². The molecule has 2 aromatic carbocycles. The second-order valence-electron chi connectivity index (χ2n) is 4.81. The maximum atomic E-state index is 12.5. The lowest BCUT2D eigenvalue weighted by atomic mass is 10.1. The van der Waals surface area contributed by atoms with Crippen LogP contribution in [-0.4, -0.2) is 17.9 Å². The van der Waals surface area contributed by atoms with Crippen LogP contribution in [0.15, 0.2) is 40.9 Å². The van der Waals surface area contributed by atoms with Gasteiger partial charge in [-0.15, -0.1) is 0 Å². The van der Waals surface area contributed by atoms with Crippen LogP contribution in [0.4, 0.5) is 0 Å². The molecule has 0 saturated carbocycles. The minimum atomic E-state index is -0.0679. The van der Waals surface area contributed by atoms with E-state index in [0.29, 0.717) is 22.2 Å². The maximum absolute atomic E-state index is 12.5. The molecule has 0 bridgehead atoms. The molecule has 2 nitrogen and oxygen atoms in total. The lowest BCUT2D eigenvalue weighted by Crippen LogP contribution is -2.26. The van der Waals surface area contributed by atoms with Crippen molar-refractivity contribution in [2.24, 2.45) is 0 Å². The number of benzene rings is 2. The van der Waals surface area contributed by atoms with E-state index in [4.69, 9.17) is 23.2 Å². The number of carbonyl (C=O) groups excluding carboxylic acids is 1. The predicted molar refractivity (Wildman–Crippen MR) is 91.1 cm³/mol. The van der Waals surface area contributed by atoms with Crippen LogP contribution >= 0.6 is 39.1 Å². The fourth-order valence-corrected chi connectivity index (χ4v) is 2.83. The summed E-state index contributed by atoms with van der Waals surface area (Å²) < 4.78 is 0.819. The molecule has 0 unspecified atom stereocenters. The summed E-state index contributed by atoms with van der Waals surface area (Å²) in [5.74, 6) is -0.0679. The zero-order valence-electron chi connectivity index (χ0n) is 11.7. The van der Waals surface area contributed by atoms with Crippen LogP contribution in [0.1, 0.15) is 21.5 Å². The average Bonchev–Trinajstić information content (AvgIpc) is 2.46. The number of halogens is 3. The molecule has 1 amide bonds. The number of aryl methyl sites for hydroxylation is 1. The molecule has 0 heterocycles. The molecule has 0 spiro atoms. The highest BCUT2D eigenvalue weighted by Gasteiger charge is 2.17. The third-order valence-electron chi connectivity index (χ3n) is 3.21. The molecule has 5 heteroatoms. The van der Waals surface area contributed by atoms with Crippen molar-refractivity contribution in [3.63, 3.8) is 0 Å². The Bertz CT molecular complexity index is 688. The van der Waals surface area contributed by atoms with Crippen molar-refractivity contribution in [1.29, 1.82) is 0 Å². The number of rotatable bonds is 3. The van der Waals surface area contributed by atoms with E-state index in [-0.39, 0.29) is 5.91 Å². The first-order valence-electron chi connectivity index (χ1n) is 6.35. The minimum Gasteiger partial charge on any atom is -0.337 e. The van der Waals surface area contributed by atoms with Crippen molar-refractivity contribution in [1.82, 2.24) is 4.90 Å². The molecule has 0 atom stereocenters. The first-order valence-corrected chi connectivity index (χ1v) is 7.90. The van der Waals surface area contributed by atoms with Crippen LogP contribution in [0.5, 0.6) is 0 Å². The molecule has 0 N–H and O–H groups in total. The van der Waals surface area contributed by atoms with Crippen LogP contribution in [0.25, 0.3) is 0 Å². The van der Waals surface area contributed by atoms with Gasteiger partial charge in [0.1, 0.15) is 0 Å². The first kappa shape index (κ1) is 16.3. The molecule has 0 aliphatic rings. The summed E-state index contributed by atoms with van der Waals surface area (Å²) in [5, 5.41) is 0.980. The van der Waals surface area contributed by atoms with E-state index >= 15 is 0 Å². The summed E-state index contributed by atoms with van der Waals surface area (Å²) in [5.41, 5.74) is 2.48. The van der Waals surface area contributed by atoms with Gasteiger partial charge in [0.05, 0.1) is 15.6 Å². The summed E-state index contributed by atoms with van der Waals surface area (Å²) in [4.78, 5) is 14.2. The zero-order chi connectivity index (χ0) is 15.6. The summed E-state index contributed by atoms with van der Waals surface area (Å²) in [6, 6.07) is 11.0. The van der Waals surface area contributed by atoms with E-state index < -0.39 is 0 Å². The highest BCUT2D eigenvalue weighted by molar-refractivity contribution is 9.10. The topological polar surface area (TPSA) is 20.3 Å². The Labute approximate surface area is 142 Å². The summed E-state index contributed by atoms with van der Waals surface area (Å²) >= 11 is 15.6. The molecule has 110 valence electrons. The summed E-state index contributed by atoms with van der Waals surface area (Å²) in [6.45, 7) is 2.35. The van der Waals surface area contributed by atoms with Crippen molar-refractivity contribution in [2.75, 3.05) is 7.05 Å². The standard InChI is InChI=1S/C16H14BrCl2NO/c1-10-5-3-7-12(14(10)17)16(21)20(2)9-11-6-4-8-13(18)15(11)19/h3-8H,9H2,1-2H3. The van der Waals surface area contributed by atoms with Crippen molar-refractivity contribution in [3.8, 4) is 0 Å². The number of carbonyl (C=O) groups is 1. The molecule has 2 aromatic rings. The fourth-order valence-electron chi connectivity index (χ4n) is 2.02. The number of hydrogen-bond donors (Lipinski definition) is 0. The van der Waals surface area contributed by atoms with Crippen LogP contribution in [-0.2, 0) is 6.54 Å². The Kier molecular flexibility index (Phi) is 5.31. The lowest BCUT2D eigenvalue weighted by Gasteiger charge is -2.19. The minimum absolute atomic E-state index is 0.0679. The maximum Gasteiger partial charge on any atom is 0.255 e. The number of hydrogen-bond acceptors (Lipinski definition) is 1. The van der Waals surface area contributed by atoms with Gasteiger partial charge >= 0.3 is 0 Å². The van der Waals surface area contributed by atoms with Crippen molar-refractivity contribution >= 4 is 45.0 Å². The molecule has 0 aromatic heterocycles. The Hall–Kier alpha value is -1.03. The SMILES string of the molecule is Cc1cccc(C(=O)N(C)Cc2cccc(Cl)c2Cl)c1Br. The van der Waals surface area contributed by atoms with E-state index in [1.807, 2.05) is 31.2 Å². The van der Waals surface area contributed by atoms with Crippen LogP contribution < -0.4 is 0 Å². The van der Waals surface area contributed by atoms with Gasteiger partial charge in [0.2, 0.25) is 0 Å². The molecule has 21 heavy (non-hydrogen) atoms. The molecule has 0 aliphatic heterocycles. The van der Waals surface area contributed by atoms with E-state index in [1.54, 1.807) is 24.1 Å². The Morgan fingerprint density at radius 1 is 1.19 bits per heavy atom. The third-order valence-corrected chi connectivity index (χ3v) is 5.12. The van der Waals surface area contributed by atoms with Crippen LogP contribution in [0.3, 0.4) is 0 Å². The smallest absolute Gasteiger partial charge is 0.255 e. The largest absolute Gasteiger partial charge is 0.337 e. The fraction of sp³-hybridized carbons (Fsp3) is 0.188. The van der Waals surface area contributed by atoms with Gasteiger partial charge in [0, 0.05) is 18.1 Å². The van der Waals surface area contributed by atoms with E-state index in [9.17, 15) is 4.79 Å². The van der Waals surface area contributed by atoms with Crippen LogP contribution in [0.2, 0.25) is 10.0 Å². The van der Waals surface area contributed by atoms with Gasteiger partial charge < -0.3 is 4.90 Å². The van der Waals surface area contributed by atoms with Gasteiger partial charge in [-0.3, -0.25) is 4.79 Å². The van der Waals surface area contributed by atoms with Gasteiger partial charge in [-0.2, -0.15) is 0 Å². The van der Waals surface area contributed by atoms with Crippen molar-refractivity contribution < 1.29 is 4.79 Å². The number of nitrogens with zero attached hydrogens (tertiary/aromatic N) is 1. The van der Waals surface area contributed by atoms with Gasteiger partial charge in [0.15, 0.2) is 0 Å². The zero-order valence-corrected chi connectivity index (χ0v) is 14.8. The van der Waals surface area contributed by atoms with Gasteiger partial charge in [-0.25, -0.2) is 0 Å². The Morgan fingerprint density at radius 3 is 2.57 bits per heavy atom. The van der Waals surface area contributed by atoms with E-state index in [2.05, 4.69) is 15.9 Å². The van der Waals surface area contributed by atoms with E-state index in [0.717, 1.165) is 15.6 Å². The molecule has 0 radical (unpaired) electrons. The Balaban J connectivity index is 2.24. The van der Waals surface area contributed by atoms with Crippen LogP contribution in [0, 0.1) is 6.92 Å². The lowest BCUT2D eigenvalue weighted by molar-refractivity contribution is 0.0784. The molecule has 0 saturated heterocycles. The van der Waals surface area contributed by atoms with Gasteiger partial charge in [-0.1, -0.05) is 47.5 Å². The van der Waals surface area contributed by atoms with Gasteiger partial charge in [-0.05, 0) is 46.1 Å². The molecular formula is C16H14BrCl2NO. The summed E-state index contributed by atoms with van der Waals surface area (Å²) in [7, 11) is 1.74. The molecule has 2 rings (SSSR count). The van der Waals surface area contributed by atoms with Crippen molar-refractivity contribution in [3.05, 3.63) is 67.6 Å². The molecule has 0 fully saturated rings. The average molecular weight is 387 g/mol. The first-order chi connectivity index (χ1) is 9.91. The monoisotopic (exact) mass is 385 g/mol. The number of amides is 1. The predicted octanol–water partition coefficient (Wildman–Crippen LogP) is 5.34. The summed E-state index contributed by atoms with van der Waals surface area (Å²) in [6.07, 6.45) is 0. The quantitative estimate of drug-likeness (QED) is 0.697. The highest BCUT2D eigenvalue weighted by atomic mass is 79.9. The van der Waals surface area contributed by atoms with E-state index in [1.165, 1.54) is 0 Å². The molecular weight excluding hydrogens is 373 g/mol. The normalized spacial score (nSPS) is 10.5. The second kappa shape index (κ2) is 6.82. The molecule has 0 aliphatic carbocycles. The Morgan fingerprint density at radius 2 is 1.86 bits per heavy atom. The van der Waals surface area contributed by atoms with Gasteiger partial charge in [0.25, 0.3) is 5.91 Å². The second-order valence-corrected chi connectivity index (χ2v) is 6.39.